The van der Waals surface area contributed by atoms with Gasteiger partial charge in [-0.3, -0.25) is 14.5 Å². The number of nitrogens with two attached hydrogens (primary N) is 1. The van der Waals surface area contributed by atoms with Crippen LogP contribution in [0.1, 0.15) is 23.1 Å². The Morgan fingerprint density at radius 1 is 0.828 bits per heavy atom. The number of aromatic nitrogens is 2. The molecule has 290 valence electrons. The molecule has 2 aliphatic rings. The highest BCUT2D eigenvalue weighted by atomic mass is 32.2. The number of ether oxygens (including phenoxy) is 1. The van der Waals surface area contributed by atoms with Crippen LogP contribution in [-0.2, 0) is 24.0 Å². The standard InChI is InChI=1S/C44H37N6O5PS2/c1-54-48-35(39-47-44(45)58-49-39)40(51)46-36-41(52)50-37(43(53)55-38(29-17-7-2-8-18-29)30-19-9-3-10-20-30)31(28-57-42(36)50)27-56(32-21-11-4-12-22-32,33-23-13-5-14-24-33)34-25-15-6-16-26-34/h2-27,36,38,42H,28H2,1H3,(H,46,51)(H2,45,47,49)/t36?,42-/m0/s1. The van der Waals surface area contributed by atoms with Gasteiger partial charge in [-0.15, -0.1) is 11.8 Å². The minimum atomic E-state index is -2.65. The van der Waals surface area contributed by atoms with E-state index in [2.05, 4.69) is 62.0 Å². The summed E-state index contributed by atoms with van der Waals surface area (Å²) in [6, 6.07) is 48.8. The zero-order valence-corrected chi connectivity index (χ0v) is 33.6. The molecule has 0 aliphatic carbocycles. The topological polar surface area (TPSA) is 149 Å². The number of anilines is 1. The SMILES string of the molecule is CON=C(C(=O)NC1C(=O)N2C(C(=O)OC(c3ccccc3)c3ccccc3)=C(C=P(c3ccccc3)(c3ccccc3)c3ccccc3)CS[C@@H]12)c1nsc(N)n1. The van der Waals surface area contributed by atoms with E-state index in [-0.39, 0.29) is 22.4 Å². The number of oxime groups is 1. The van der Waals surface area contributed by atoms with Crippen molar-refractivity contribution >= 4 is 80.5 Å². The van der Waals surface area contributed by atoms with Gasteiger partial charge in [-0.05, 0) is 45.3 Å². The van der Waals surface area contributed by atoms with Gasteiger partial charge in [0.25, 0.3) is 11.8 Å². The molecule has 1 fully saturated rings. The molecule has 0 spiro atoms. The van der Waals surface area contributed by atoms with E-state index in [0.717, 1.165) is 38.6 Å². The number of fused-ring (bicyclic) bond motifs is 1. The number of rotatable bonds is 12. The highest BCUT2D eigenvalue weighted by Crippen LogP contribution is 2.48. The lowest BCUT2D eigenvalue weighted by molar-refractivity contribution is -0.154. The second kappa shape index (κ2) is 17.1. The van der Waals surface area contributed by atoms with E-state index >= 15 is 4.79 Å². The van der Waals surface area contributed by atoms with Crippen LogP contribution in [0.25, 0.3) is 0 Å². The number of esters is 1. The molecule has 0 bridgehead atoms. The fraction of sp³-hybridized carbons (Fsp3) is 0.114. The molecule has 3 heterocycles. The molecule has 1 saturated heterocycles. The van der Waals surface area contributed by atoms with Crippen molar-refractivity contribution in [1.82, 2.24) is 19.6 Å². The van der Waals surface area contributed by atoms with Gasteiger partial charge >= 0.3 is 5.97 Å². The largest absolute Gasteiger partial charge is 0.448 e. The van der Waals surface area contributed by atoms with Gasteiger partial charge in [-0.1, -0.05) is 157 Å². The molecule has 2 atom stereocenters. The van der Waals surface area contributed by atoms with E-state index in [9.17, 15) is 9.59 Å². The molecule has 2 aliphatic heterocycles. The third-order valence-electron chi connectivity index (χ3n) is 9.80. The lowest BCUT2D eigenvalue weighted by Gasteiger charge is -2.49. The summed E-state index contributed by atoms with van der Waals surface area (Å²) in [4.78, 5) is 53.6. The van der Waals surface area contributed by atoms with E-state index in [1.807, 2.05) is 115 Å². The Balaban J connectivity index is 1.28. The van der Waals surface area contributed by atoms with Crippen molar-refractivity contribution in [2.45, 2.75) is 17.5 Å². The predicted octanol–water partition coefficient (Wildman–Crippen LogP) is 5.25. The van der Waals surface area contributed by atoms with E-state index in [0.29, 0.717) is 11.3 Å². The van der Waals surface area contributed by atoms with E-state index < -0.39 is 42.2 Å². The van der Waals surface area contributed by atoms with Crippen LogP contribution in [-0.4, -0.2) is 67.8 Å². The molecule has 11 nitrogen and oxygen atoms in total. The molecule has 5 aromatic carbocycles. The Hall–Kier alpha value is -6.27. The van der Waals surface area contributed by atoms with Gasteiger partial charge in [-0.2, -0.15) is 9.36 Å². The zero-order chi connectivity index (χ0) is 40.1. The fourth-order valence-corrected chi connectivity index (χ4v) is 13.0. The van der Waals surface area contributed by atoms with E-state index in [1.165, 1.54) is 23.8 Å². The van der Waals surface area contributed by atoms with Gasteiger partial charge < -0.3 is 20.6 Å². The van der Waals surface area contributed by atoms with Crippen LogP contribution in [0, 0.1) is 0 Å². The molecule has 6 aromatic rings. The molecular formula is C44H37N6O5PS2. The van der Waals surface area contributed by atoms with Crippen LogP contribution < -0.4 is 27.0 Å². The number of β-lactam (4-membered cyclic amide) rings is 1. The first kappa shape index (κ1) is 38.6. The molecule has 3 N–H and O–H groups in total. The molecule has 8 rings (SSSR count). The maximum absolute atomic E-state index is 15.1. The summed E-state index contributed by atoms with van der Waals surface area (Å²) in [5.41, 5.74) is 7.88. The van der Waals surface area contributed by atoms with Crippen molar-refractivity contribution in [2.75, 3.05) is 18.6 Å². The quantitative estimate of drug-likeness (QED) is 0.0555. The zero-order valence-electron chi connectivity index (χ0n) is 31.1. The Morgan fingerprint density at radius 2 is 1.33 bits per heavy atom. The van der Waals surface area contributed by atoms with Gasteiger partial charge in [0.2, 0.25) is 11.5 Å². The minimum Gasteiger partial charge on any atom is -0.448 e. The fourth-order valence-electron chi connectivity index (χ4n) is 7.19. The van der Waals surface area contributed by atoms with Gasteiger partial charge in [0.1, 0.15) is 24.2 Å². The van der Waals surface area contributed by atoms with Crippen molar-refractivity contribution in [3.8, 4) is 0 Å². The summed E-state index contributed by atoms with van der Waals surface area (Å²) in [7, 11) is 1.29. The summed E-state index contributed by atoms with van der Waals surface area (Å²) in [6.45, 7) is -2.65. The number of carbonyl (C=O) groups excluding carboxylic acids is 3. The normalized spacial score (nSPS) is 16.6. The summed E-state index contributed by atoms with van der Waals surface area (Å²) in [6.07, 6.45) is -0.772. The maximum Gasteiger partial charge on any atom is 0.356 e. The van der Waals surface area contributed by atoms with E-state index in [1.54, 1.807) is 0 Å². The number of nitrogen functional groups attached to an aromatic ring is 1. The van der Waals surface area contributed by atoms with Gasteiger partial charge in [0, 0.05) is 17.3 Å². The van der Waals surface area contributed by atoms with Crippen LogP contribution >= 0.6 is 30.2 Å². The van der Waals surface area contributed by atoms with Gasteiger partial charge in [0.05, 0.1) is 0 Å². The Labute approximate surface area is 343 Å². The first-order chi connectivity index (χ1) is 28.4. The smallest absolute Gasteiger partial charge is 0.356 e. The van der Waals surface area contributed by atoms with E-state index in [4.69, 9.17) is 15.3 Å². The van der Waals surface area contributed by atoms with Crippen molar-refractivity contribution in [3.63, 3.8) is 0 Å². The third kappa shape index (κ3) is 7.47. The summed E-state index contributed by atoms with van der Waals surface area (Å²) < 4.78 is 10.6. The van der Waals surface area contributed by atoms with Crippen LogP contribution in [0.4, 0.5) is 5.13 Å². The molecule has 2 amide bonds. The molecule has 0 radical (unpaired) electrons. The van der Waals surface area contributed by atoms with Crippen molar-refractivity contribution < 1.29 is 24.0 Å². The number of hydrogen-bond donors (Lipinski definition) is 2. The lowest BCUT2D eigenvalue weighted by Crippen LogP contribution is -2.71. The molecule has 0 saturated carbocycles. The number of benzene rings is 5. The molecule has 58 heavy (non-hydrogen) atoms. The van der Waals surface area contributed by atoms with Crippen molar-refractivity contribution in [3.05, 3.63) is 180 Å². The first-order valence-corrected chi connectivity index (χ1v) is 22.0. The minimum absolute atomic E-state index is 0.0290. The highest BCUT2D eigenvalue weighted by molar-refractivity contribution is 8.00. The summed E-state index contributed by atoms with van der Waals surface area (Å²) in [5.74, 6) is 0.642. The van der Waals surface area contributed by atoms with Crippen LogP contribution in [0.2, 0.25) is 0 Å². The average molecular weight is 825 g/mol. The third-order valence-corrected chi connectivity index (χ3v) is 15.7. The van der Waals surface area contributed by atoms with Gasteiger partial charge in [-0.25, -0.2) is 4.79 Å². The Bertz CT molecular complexity index is 2410. The van der Waals surface area contributed by atoms with Crippen molar-refractivity contribution in [2.24, 2.45) is 5.16 Å². The van der Waals surface area contributed by atoms with Crippen molar-refractivity contribution in [1.29, 1.82) is 0 Å². The summed E-state index contributed by atoms with van der Waals surface area (Å²) >= 11 is 2.35. The summed E-state index contributed by atoms with van der Waals surface area (Å²) in [5, 5.41) is 9.36. The van der Waals surface area contributed by atoms with Crippen LogP contribution in [0.3, 0.4) is 0 Å². The second-order valence-electron chi connectivity index (χ2n) is 13.3. The number of thioether (sulfide) groups is 1. The Morgan fingerprint density at radius 3 is 1.79 bits per heavy atom. The number of nitrogens with zero attached hydrogens (tertiary/aromatic N) is 4. The lowest BCUT2D eigenvalue weighted by atomic mass is 10.0. The van der Waals surface area contributed by atoms with Crippen LogP contribution in [0.5, 0.6) is 0 Å². The monoisotopic (exact) mass is 824 g/mol. The molecule has 14 heteroatoms. The number of hydrogen-bond acceptors (Lipinski definition) is 11. The maximum atomic E-state index is 15.1. The highest BCUT2D eigenvalue weighted by Gasteiger charge is 2.55. The molecular weight excluding hydrogens is 788 g/mol. The molecule has 1 aromatic heterocycles. The van der Waals surface area contributed by atoms with Crippen LogP contribution in [0.15, 0.2) is 168 Å². The number of nitrogens with one attached hydrogen (secondary N) is 1. The predicted molar refractivity (Wildman–Crippen MR) is 232 cm³/mol. The molecule has 1 unspecified atom stereocenters. The number of amides is 2. The average Bonchev–Trinajstić information content (AvgIpc) is 3.72. The second-order valence-corrected chi connectivity index (χ2v) is 18.4. The number of carbonyl (C=O) groups is 3. The Kier molecular flexibility index (Phi) is 11.4. The first-order valence-electron chi connectivity index (χ1n) is 18.3. The van der Waals surface area contributed by atoms with Gasteiger partial charge in [0.15, 0.2) is 11.2 Å².